The molecular formula is C10H17NO3. The molecular weight excluding hydrogens is 182 g/mol. The molecule has 0 aliphatic carbocycles. The Kier molecular flexibility index (Phi) is 3.13. The van der Waals surface area contributed by atoms with E-state index in [0.717, 1.165) is 0 Å². The maximum atomic E-state index is 11.3. The van der Waals surface area contributed by atoms with Gasteiger partial charge in [-0.3, -0.25) is 9.59 Å². The maximum absolute atomic E-state index is 11.3. The Hall–Kier alpha value is -1.06. The molecule has 4 heteroatoms. The molecule has 14 heavy (non-hydrogen) atoms. The zero-order chi connectivity index (χ0) is 10.9. The number of hydrogen-bond acceptors (Lipinski definition) is 2. The highest BCUT2D eigenvalue weighted by Crippen LogP contribution is 2.27. The van der Waals surface area contributed by atoms with Gasteiger partial charge in [-0.2, -0.15) is 0 Å². The molecule has 1 fully saturated rings. The summed E-state index contributed by atoms with van der Waals surface area (Å²) in [7, 11) is 0. The molecule has 4 nitrogen and oxygen atoms in total. The van der Waals surface area contributed by atoms with Crippen LogP contribution in [0.5, 0.6) is 0 Å². The molecule has 1 saturated heterocycles. The zero-order valence-corrected chi connectivity index (χ0v) is 8.86. The summed E-state index contributed by atoms with van der Waals surface area (Å²) in [5, 5.41) is 8.90. The third-order valence-electron chi connectivity index (χ3n) is 2.91. The van der Waals surface area contributed by atoms with E-state index in [1.807, 2.05) is 13.8 Å². The van der Waals surface area contributed by atoms with Gasteiger partial charge in [0.15, 0.2) is 0 Å². The van der Waals surface area contributed by atoms with E-state index in [0.29, 0.717) is 12.8 Å². The molecule has 1 heterocycles. The number of carboxylic acid groups (broad SMARTS) is 1. The van der Waals surface area contributed by atoms with Gasteiger partial charge in [-0.1, -0.05) is 0 Å². The van der Waals surface area contributed by atoms with Crippen LogP contribution < -0.4 is 0 Å². The average molecular weight is 199 g/mol. The number of nitrogens with zero attached hydrogens (tertiary/aromatic N) is 1. The minimum Gasteiger partial charge on any atom is -0.481 e. The first-order valence-corrected chi connectivity index (χ1v) is 4.95. The Bertz CT molecular complexity index is 240. The van der Waals surface area contributed by atoms with Gasteiger partial charge in [-0.25, -0.2) is 0 Å². The third-order valence-corrected chi connectivity index (χ3v) is 2.91. The Morgan fingerprint density at radius 3 is 1.93 bits per heavy atom. The molecule has 1 amide bonds. The van der Waals surface area contributed by atoms with Crippen molar-refractivity contribution in [1.82, 2.24) is 4.90 Å². The minimum atomic E-state index is -0.744. The van der Waals surface area contributed by atoms with Gasteiger partial charge < -0.3 is 10.0 Å². The second-order valence-electron chi connectivity index (χ2n) is 4.13. The van der Waals surface area contributed by atoms with E-state index < -0.39 is 5.97 Å². The highest BCUT2D eigenvalue weighted by atomic mass is 16.4. The zero-order valence-electron chi connectivity index (χ0n) is 8.86. The van der Waals surface area contributed by atoms with Crippen molar-refractivity contribution in [2.75, 3.05) is 0 Å². The van der Waals surface area contributed by atoms with E-state index in [2.05, 4.69) is 0 Å². The second-order valence-corrected chi connectivity index (χ2v) is 4.13. The van der Waals surface area contributed by atoms with Crippen LogP contribution in [0.25, 0.3) is 0 Å². The largest absolute Gasteiger partial charge is 0.481 e. The number of carbonyl (C=O) groups is 2. The number of carbonyl (C=O) groups excluding carboxylic acids is 1. The quantitative estimate of drug-likeness (QED) is 0.688. The van der Waals surface area contributed by atoms with Crippen LogP contribution in [0.2, 0.25) is 0 Å². The monoisotopic (exact) mass is 199 g/mol. The van der Waals surface area contributed by atoms with Gasteiger partial charge in [0, 0.05) is 19.0 Å². The first-order chi connectivity index (χ1) is 6.43. The van der Waals surface area contributed by atoms with Gasteiger partial charge in [-0.05, 0) is 26.7 Å². The van der Waals surface area contributed by atoms with Crippen molar-refractivity contribution in [1.29, 1.82) is 0 Å². The lowest BCUT2D eigenvalue weighted by Crippen LogP contribution is -2.50. The summed E-state index contributed by atoms with van der Waals surface area (Å²) in [6.45, 7) is 5.36. The van der Waals surface area contributed by atoms with Crippen molar-refractivity contribution in [3.63, 3.8) is 0 Å². The van der Waals surface area contributed by atoms with E-state index in [-0.39, 0.29) is 23.9 Å². The van der Waals surface area contributed by atoms with Crippen LogP contribution in [0.3, 0.4) is 0 Å². The van der Waals surface area contributed by atoms with Crippen LogP contribution in [0.15, 0.2) is 0 Å². The highest BCUT2D eigenvalue weighted by Gasteiger charge is 2.35. The van der Waals surface area contributed by atoms with E-state index in [9.17, 15) is 9.59 Å². The van der Waals surface area contributed by atoms with E-state index in [4.69, 9.17) is 5.11 Å². The predicted octanol–water partition coefficient (Wildman–Crippen LogP) is 1.11. The summed E-state index contributed by atoms with van der Waals surface area (Å²) in [4.78, 5) is 23.9. The number of likely N-dealkylation sites (tertiary alicyclic amines) is 1. The third kappa shape index (κ3) is 2.05. The van der Waals surface area contributed by atoms with Crippen molar-refractivity contribution < 1.29 is 14.7 Å². The molecule has 0 bridgehead atoms. The van der Waals surface area contributed by atoms with E-state index in [1.165, 1.54) is 6.92 Å². The first-order valence-electron chi connectivity index (χ1n) is 4.95. The smallest absolute Gasteiger partial charge is 0.306 e. The fourth-order valence-electron chi connectivity index (χ4n) is 2.40. The van der Waals surface area contributed by atoms with Gasteiger partial charge in [0.25, 0.3) is 0 Å². The Morgan fingerprint density at radius 1 is 1.21 bits per heavy atom. The highest BCUT2D eigenvalue weighted by molar-refractivity contribution is 5.75. The van der Waals surface area contributed by atoms with Crippen molar-refractivity contribution in [3.8, 4) is 0 Å². The minimum absolute atomic E-state index is 0.0360. The topological polar surface area (TPSA) is 57.6 Å². The summed E-state index contributed by atoms with van der Waals surface area (Å²) in [5.74, 6) is -1.00. The molecule has 1 N–H and O–H groups in total. The SMILES string of the molecule is CC(=O)N1[C@H](C)CC(C(=O)O)C[C@@H]1C. The lowest BCUT2D eigenvalue weighted by Gasteiger charge is -2.40. The number of rotatable bonds is 1. The molecule has 3 atom stereocenters. The summed E-state index contributed by atoms with van der Waals surface area (Å²) in [6, 6.07) is 0.0784. The molecule has 0 spiro atoms. The van der Waals surface area contributed by atoms with Crippen LogP contribution in [-0.2, 0) is 9.59 Å². The van der Waals surface area contributed by atoms with Crippen LogP contribution in [0.1, 0.15) is 33.6 Å². The first kappa shape index (κ1) is 11.0. The molecule has 80 valence electrons. The number of hydrogen-bond donors (Lipinski definition) is 1. The summed E-state index contributed by atoms with van der Waals surface area (Å²) < 4.78 is 0. The van der Waals surface area contributed by atoms with Gasteiger partial charge in [0.2, 0.25) is 5.91 Å². The van der Waals surface area contributed by atoms with Gasteiger partial charge >= 0.3 is 5.97 Å². The van der Waals surface area contributed by atoms with Crippen molar-refractivity contribution in [3.05, 3.63) is 0 Å². The van der Waals surface area contributed by atoms with Gasteiger partial charge in [0.1, 0.15) is 0 Å². The molecule has 0 aromatic rings. The number of amides is 1. The molecule has 0 aromatic carbocycles. The van der Waals surface area contributed by atoms with Gasteiger partial charge in [0.05, 0.1) is 5.92 Å². The fraction of sp³-hybridized carbons (Fsp3) is 0.800. The molecule has 1 unspecified atom stereocenters. The average Bonchev–Trinajstić information content (AvgIpc) is 2.01. The number of aliphatic carboxylic acids is 1. The van der Waals surface area contributed by atoms with Crippen LogP contribution in [0, 0.1) is 5.92 Å². The van der Waals surface area contributed by atoms with Crippen molar-refractivity contribution >= 4 is 11.9 Å². The number of carboxylic acids is 1. The molecule has 1 aliphatic rings. The van der Waals surface area contributed by atoms with Gasteiger partial charge in [-0.15, -0.1) is 0 Å². The molecule has 1 rings (SSSR count). The second kappa shape index (κ2) is 3.98. The van der Waals surface area contributed by atoms with E-state index in [1.54, 1.807) is 4.90 Å². The summed E-state index contributed by atoms with van der Waals surface area (Å²) >= 11 is 0. The lowest BCUT2D eigenvalue weighted by molar-refractivity contribution is -0.149. The Balaban J connectivity index is 2.72. The molecule has 0 saturated carbocycles. The lowest BCUT2D eigenvalue weighted by atomic mass is 9.87. The normalized spacial score (nSPS) is 32.8. The van der Waals surface area contributed by atoms with Crippen LogP contribution in [-0.4, -0.2) is 34.0 Å². The molecule has 1 aliphatic heterocycles. The van der Waals surface area contributed by atoms with Crippen LogP contribution in [0.4, 0.5) is 0 Å². The predicted molar refractivity (Wildman–Crippen MR) is 51.8 cm³/mol. The van der Waals surface area contributed by atoms with Crippen LogP contribution >= 0.6 is 0 Å². The van der Waals surface area contributed by atoms with Crippen molar-refractivity contribution in [2.24, 2.45) is 5.92 Å². The Morgan fingerprint density at radius 2 is 1.64 bits per heavy atom. The Labute approximate surface area is 83.9 Å². The fourth-order valence-corrected chi connectivity index (χ4v) is 2.40. The molecule has 0 radical (unpaired) electrons. The maximum Gasteiger partial charge on any atom is 0.306 e. The standard InChI is InChI=1S/C10H17NO3/c1-6-4-9(10(13)14)5-7(2)11(6)8(3)12/h6-7,9H,4-5H2,1-3H3,(H,13,14)/t6-,7+,9?. The summed E-state index contributed by atoms with van der Waals surface area (Å²) in [5.41, 5.74) is 0. The molecule has 0 aromatic heterocycles. The van der Waals surface area contributed by atoms with Crippen molar-refractivity contribution in [2.45, 2.75) is 45.7 Å². The number of piperidine rings is 1. The summed E-state index contributed by atoms with van der Waals surface area (Å²) in [6.07, 6.45) is 1.14. The van der Waals surface area contributed by atoms with E-state index >= 15 is 0 Å².